The second-order valence-corrected chi connectivity index (χ2v) is 4.33. The Balaban J connectivity index is 2.23. The minimum Gasteiger partial charge on any atom is -0.311 e. The van der Waals surface area contributed by atoms with Crippen LogP contribution in [0.3, 0.4) is 0 Å². The molecule has 0 radical (unpaired) electrons. The van der Waals surface area contributed by atoms with Gasteiger partial charge in [0.05, 0.1) is 0 Å². The van der Waals surface area contributed by atoms with Gasteiger partial charge >= 0.3 is 0 Å². The second kappa shape index (κ2) is 4.10. The highest BCUT2D eigenvalue weighted by atomic mass is 15.0. The Morgan fingerprint density at radius 1 is 1.36 bits per heavy atom. The van der Waals surface area contributed by atoms with Gasteiger partial charge in [0.2, 0.25) is 0 Å². The summed E-state index contributed by atoms with van der Waals surface area (Å²) in [5, 5.41) is 3.65. The third-order valence-electron chi connectivity index (χ3n) is 2.47. The highest BCUT2D eigenvalue weighted by Crippen LogP contribution is 2.17. The Bertz CT molecular complexity index is 107. The van der Waals surface area contributed by atoms with Crippen molar-refractivity contribution in [1.29, 1.82) is 0 Å². The van der Waals surface area contributed by atoms with Crippen molar-refractivity contribution in [2.45, 2.75) is 58.5 Å². The lowest BCUT2D eigenvalue weighted by atomic mass is 9.93. The summed E-state index contributed by atoms with van der Waals surface area (Å²) < 4.78 is 0. The van der Waals surface area contributed by atoms with Crippen LogP contribution in [0.25, 0.3) is 0 Å². The fraction of sp³-hybridized carbons (Fsp3) is 1.00. The summed E-state index contributed by atoms with van der Waals surface area (Å²) in [5.74, 6) is 0.845. The number of hydrogen-bond acceptors (Lipinski definition) is 1. The lowest BCUT2D eigenvalue weighted by Gasteiger charge is -2.29. The van der Waals surface area contributed by atoms with Gasteiger partial charge in [0.25, 0.3) is 0 Å². The van der Waals surface area contributed by atoms with E-state index in [0.717, 1.165) is 18.0 Å². The van der Waals surface area contributed by atoms with Crippen LogP contribution in [0.1, 0.15) is 46.5 Å². The summed E-state index contributed by atoms with van der Waals surface area (Å²) in [5.41, 5.74) is 0. The Kier molecular flexibility index (Phi) is 3.38. The van der Waals surface area contributed by atoms with Crippen LogP contribution >= 0.6 is 0 Å². The molecule has 66 valence electrons. The van der Waals surface area contributed by atoms with Crippen LogP contribution in [0.4, 0.5) is 0 Å². The van der Waals surface area contributed by atoms with Crippen molar-refractivity contribution in [3.63, 3.8) is 0 Å². The van der Waals surface area contributed by atoms with E-state index in [-0.39, 0.29) is 0 Å². The van der Waals surface area contributed by atoms with Gasteiger partial charge < -0.3 is 5.32 Å². The van der Waals surface area contributed by atoms with E-state index >= 15 is 0 Å². The quantitative estimate of drug-likeness (QED) is 0.646. The molecular weight excluding hydrogens is 134 g/mol. The van der Waals surface area contributed by atoms with E-state index in [1.54, 1.807) is 0 Å². The summed E-state index contributed by atoms with van der Waals surface area (Å²) in [6, 6.07) is 1.56. The van der Waals surface area contributed by atoms with E-state index in [4.69, 9.17) is 0 Å². The SMILES string of the molecule is CC(C)C[C@@H]1CCCC(C)N1. The predicted molar refractivity (Wildman–Crippen MR) is 49.7 cm³/mol. The van der Waals surface area contributed by atoms with E-state index in [9.17, 15) is 0 Å². The third-order valence-corrected chi connectivity index (χ3v) is 2.47. The van der Waals surface area contributed by atoms with E-state index in [1.807, 2.05) is 0 Å². The standard InChI is InChI=1S/C10H21N/c1-8(2)7-10-6-4-5-9(3)11-10/h8-11H,4-7H2,1-3H3/t9?,10-/m0/s1. The first-order chi connectivity index (χ1) is 5.18. The molecule has 0 saturated carbocycles. The minimum absolute atomic E-state index is 0.757. The van der Waals surface area contributed by atoms with Gasteiger partial charge in [-0.1, -0.05) is 20.3 Å². The first-order valence-corrected chi connectivity index (χ1v) is 4.94. The summed E-state index contributed by atoms with van der Waals surface area (Å²) in [6.45, 7) is 6.91. The molecule has 1 fully saturated rings. The third kappa shape index (κ3) is 3.24. The lowest BCUT2D eigenvalue weighted by molar-refractivity contribution is 0.298. The van der Waals surface area contributed by atoms with Gasteiger partial charge in [-0.25, -0.2) is 0 Å². The van der Waals surface area contributed by atoms with Crippen molar-refractivity contribution in [2.75, 3.05) is 0 Å². The van der Waals surface area contributed by atoms with Gasteiger partial charge in [-0.15, -0.1) is 0 Å². The number of rotatable bonds is 2. The highest BCUT2D eigenvalue weighted by Gasteiger charge is 2.17. The van der Waals surface area contributed by atoms with Crippen molar-refractivity contribution in [1.82, 2.24) is 5.32 Å². The summed E-state index contributed by atoms with van der Waals surface area (Å²) in [4.78, 5) is 0. The lowest BCUT2D eigenvalue weighted by Crippen LogP contribution is -2.41. The van der Waals surface area contributed by atoms with Crippen LogP contribution in [0.15, 0.2) is 0 Å². The molecule has 1 unspecified atom stereocenters. The Morgan fingerprint density at radius 2 is 2.09 bits per heavy atom. The van der Waals surface area contributed by atoms with Gasteiger partial charge in [0, 0.05) is 12.1 Å². The molecule has 0 aromatic heterocycles. The molecule has 1 nitrogen and oxygen atoms in total. The van der Waals surface area contributed by atoms with Crippen molar-refractivity contribution < 1.29 is 0 Å². The fourth-order valence-electron chi connectivity index (χ4n) is 1.99. The van der Waals surface area contributed by atoms with Crippen molar-refractivity contribution in [3.05, 3.63) is 0 Å². The molecule has 0 aromatic rings. The molecule has 0 bridgehead atoms. The second-order valence-electron chi connectivity index (χ2n) is 4.33. The number of hydrogen-bond donors (Lipinski definition) is 1. The monoisotopic (exact) mass is 155 g/mol. The Labute approximate surface area is 70.6 Å². The zero-order chi connectivity index (χ0) is 8.27. The molecular formula is C10H21N. The Morgan fingerprint density at radius 3 is 2.64 bits per heavy atom. The molecule has 0 amide bonds. The van der Waals surface area contributed by atoms with Gasteiger partial charge in [-0.05, 0) is 32.1 Å². The molecule has 0 spiro atoms. The normalized spacial score (nSPS) is 32.7. The van der Waals surface area contributed by atoms with Crippen molar-refractivity contribution >= 4 is 0 Å². The molecule has 1 saturated heterocycles. The van der Waals surface area contributed by atoms with Crippen LogP contribution in [0, 0.1) is 5.92 Å². The van der Waals surface area contributed by atoms with Gasteiger partial charge in [0.15, 0.2) is 0 Å². The molecule has 1 N–H and O–H groups in total. The molecule has 2 atom stereocenters. The fourth-order valence-corrected chi connectivity index (χ4v) is 1.99. The molecule has 1 heteroatoms. The zero-order valence-electron chi connectivity index (χ0n) is 8.06. The maximum atomic E-state index is 3.65. The molecule has 0 aliphatic carbocycles. The number of nitrogens with one attached hydrogen (secondary N) is 1. The molecule has 1 rings (SSSR count). The zero-order valence-corrected chi connectivity index (χ0v) is 8.06. The van der Waals surface area contributed by atoms with Crippen LogP contribution in [-0.4, -0.2) is 12.1 Å². The molecule has 11 heavy (non-hydrogen) atoms. The van der Waals surface area contributed by atoms with E-state index in [0.29, 0.717) is 0 Å². The average Bonchev–Trinajstić information content (AvgIpc) is 1.85. The maximum absolute atomic E-state index is 3.65. The molecule has 1 aliphatic heterocycles. The average molecular weight is 155 g/mol. The molecule has 1 heterocycles. The van der Waals surface area contributed by atoms with Crippen molar-refractivity contribution in [3.8, 4) is 0 Å². The van der Waals surface area contributed by atoms with Gasteiger partial charge in [-0.3, -0.25) is 0 Å². The van der Waals surface area contributed by atoms with Crippen LogP contribution in [0.5, 0.6) is 0 Å². The summed E-state index contributed by atoms with van der Waals surface area (Å²) >= 11 is 0. The predicted octanol–water partition coefficient (Wildman–Crippen LogP) is 2.56. The first kappa shape index (κ1) is 9.05. The largest absolute Gasteiger partial charge is 0.311 e. The number of piperidine rings is 1. The maximum Gasteiger partial charge on any atom is 0.00719 e. The highest BCUT2D eigenvalue weighted by molar-refractivity contribution is 4.78. The van der Waals surface area contributed by atoms with Crippen LogP contribution < -0.4 is 5.32 Å². The van der Waals surface area contributed by atoms with Gasteiger partial charge in [-0.2, -0.15) is 0 Å². The van der Waals surface area contributed by atoms with E-state index in [1.165, 1.54) is 25.7 Å². The van der Waals surface area contributed by atoms with Crippen molar-refractivity contribution in [2.24, 2.45) is 5.92 Å². The van der Waals surface area contributed by atoms with Crippen LogP contribution in [0.2, 0.25) is 0 Å². The van der Waals surface area contributed by atoms with Gasteiger partial charge in [0.1, 0.15) is 0 Å². The minimum atomic E-state index is 0.757. The summed E-state index contributed by atoms with van der Waals surface area (Å²) in [7, 11) is 0. The molecule has 0 aromatic carbocycles. The topological polar surface area (TPSA) is 12.0 Å². The van der Waals surface area contributed by atoms with E-state index in [2.05, 4.69) is 26.1 Å². The first-order valence-electron chi connectivity index (χ1n) is 4.94. The van der Waals surface area contributed by atoms with E-state index < -0.39 is 0 Å². The smallest absolute Gasteiger partial charge is 0.00719 e. The summed E-state index contributed by atoms with van der Waals surface area (Å²) in [6.07, 6.45) is 5.53. The molecule has 1 aliphatic rings. The Hall–Kier alpha value is -0.0400. The van der Waals surface area contributed by atoms with Crippen LogP contribution in [-0.2, 0) is 0 Å².